The van der Waals surface area contributed by atoms with Crippen LogP contribution in [0.15, 0.2) is 45.8 Å². The normalized spacial score (nSPS) is 11.4. The Morgan fingerprint density at radius 2 is 1.96 bits per heavy atom. The molecule has 0 unspecified atom stereocenters. The molecule has 0 bridgehead atoms. The summed E-state index contributed by atoms with van der Waals surface area (Å²) in [5.41, 5.74) is 1.42. The molecule has 0 atom stereocenters. The molecule has 1 N–H and O–H groups in total. The van der Waals surface area contributed by atoms with Crippen molar-refractivity contribution >= 4 is 32.8 Å². The van der Waals surface area contributed by atoms with E-state index >= 15 is 0 Å². The zero-order valence-corrected chi connectivity index (χ0v) is 15.8. The molecule has 0 saturated heterocycles. The first kappa shape index (κ1) is 18.7. The van der Waals surface area contributed by atoms with Gasteiger partial charge in [0.25, 0.3) is 10.0 Å². The minimum atomic E-state index is -4.00. The number of methoxy groups -OCH3 is 2. The zero-order valence-electron chi connectivity index (χ0n) is 15.0. The lowest BCUT2D eigenvalue weighted by atomic mass is 10.1. The standard InChI is InChI=1S/C18H18N2O6S/c1-4-11-5-7-15(24-2)16(9-11)27(22,23)20-17-13-10-12(18(21)25-3)6-8-14(13)26-19-17/h5-10H,4H2,1-3H3,(H,19,20). The maximum atomic E-state index is 12.9. The Morgan fingerprint density at radius 3 is 2.63 bits per heavy atom. The van der Waals surface area contributed by atoms with Crippen LogP contribution in [0.1, 0.15) is 22.8 Å². The van der Waals surface area contributed by atoms with Crippen LogP contribution in [-0.4, -0.2) is 33.8 Å². The van der Waals surface area contributed by atoms with Crippen LogP contribution in [-0.2, 0) is 21.2 Å². The van der Waals surface area contributed by atoms with E-state index in [0.717, 1.165) is 5.56 Å². The lowest BCUT2D eigenvalue weighted by Gasteiger charge is -2.11. The van der Waals surface area contributed by atoms with Crippen molar-refractivity contribution in [1.82, 2.24) is 5.16 Å². The molecule has 0 aliphatic rings. The first-order chi connectivity index (χ1) is 12.9. The number of carbonyl (C=O) groups excluding carboxylic acids is 1. The number of anilines is 1. The number of nitrogens with one attached hydrogen (secondary N) is 1. The van der Waals surface area contributed by atoms with Gasteiger partial charge in [-0.1, -0.05) is 18.1 Å². The number of fused-ring (bicyclic) bond motifs is 1. The first-order valence-electron chi connectivity index (χ1n) is 8.07. The van der Waals surface area contributed by atoms with Crippen LogP contribution >= 0.6 is 0 Å². The molecule has 3 rings (SSSR count). The second-order valence-electron chi connectivity index (χ2n) is 5.68. The largest absolute Gasteiger partial charge is 0.495 e. The van der Waals surface area contributed by atoms with Gasteiger partial charge in [0, 0.05) is 0 Å². The third kappa shape index (κ3) is 3.59. The average molecular weight is 390 g/mol. The maximum Gasteiger partial charge on any atom is 0.337 e. The summed E-state index contributed by atoms with van der Waals surface area (Å²) in [5.74, 6) is -0.369. The maximum absolute atomic E-state index is 12.9. The number of hydrogen-bond donors (Lipinski definition) is 1. The molecule has 0 aliphatic heterocycles. The number of nitrogens with zero attached hydrogens (tertiary/aromatic N) is 1. The van der Waals surface area contributed by atoms with Crippen molar-refractivity contribution in [3.8, 4) is 5.75 Å². The number of hydrogen-bond acceptors (Lipinski definition) is 7. The minimum absolute atomic E-state index is 0.00961. The number of esters is 1. The van der Waals surface area contributed by atoms with Crippen molar-refractivity contribution in [2.24, 2.45) is 0 Å². The summed E-state index contributed by atoms with van der Waals surface area (Å²) in [5, 5.41) is 4.11. The van der Waals surface area contributed by atoms with Gasteiger partial charge in [0.05, 0.1) is 25.2 Å². The van der Waals surface area contributed by atoms with Crippen LogP contribution in [0.4, 0.5) is 5.82 Å². The van der Waals surface area contributed by atoms with Gasteiger partial charge in [0.15, 0.2) is 11.4 Å². The lowest BCUT2D eigenvalue weighted by Crippen LogP contribution is -2.15. The third-order valence-corrected chi connectivity index (χ3v) is 5.41. The van der Waals surface area contributed by atoms with E-state index in [0.29, 0.717) is 17.4 Å². The monoisotopic (exact) mass is 390 g/mol. The van der Waals surface area contributed by atoms with Crippen molar-refractivity contribution in [2.45, 2.75) is 18.2 Å². The topological polar surface area (TPSA) is 108 Å². The van der Waals surface area contributed by atoms with E-state index in [9.17, 15) is 13.2 Å². The fraction of sp³-hybridized carbons (Fsp3) is 0.222. The van der Waals surface area contributed by atoms with Crippen LogP contribution in [0.5, 0.6) is 5.75 Å². The fourth-order valence-electron chi connectivity index (χ4n) is 2.59. The van der Waals surface area contributed by atoms with Gasteiger partial charge in [-0.15, -0.1) is 0 Å². The van der Waals surface area contributed by atoms with Gasteiger partial charge in [-0.3, -0.25) is 4.72 Å². The Bertz CT molecular complexity index is 1100. The molecule has 142 valence electrons. The molecule has 2 aromatic carbocycles. The van der Waals surface area contributed by atoms with Crippen LogP contribution in [0, 0.1) is 0 Å². The lowest BCUT2D eigenvalue weighted by molar-refractivity contribution is 0.0601. The van der Waals surface area contributed by atoms with Gasteiger partial charge in [-0.05, 0) is 42.3 Å². The molecule has 1 aromatic heterocycles. The van der Waals surface area contributed by atoms with Crippen molar-refractivity contribution in [2.75, 3.05) is 18.9 Å². The van der Waals surface area contributed by atoms with Crippen molar-refractivity contribution in [3.05, 3.63) is 47.5 Å². The Hall–Kier alpha value is -3.07. The zero-order chi connectivity index (χ0) is 19.6. The third-order valence-electron chi connectivity index (χ3n) is 4.05. The summed E-state index contributed by atoms with van der Waals surface area (Å²) in [4.78, 5) is 11.7. The highest BCUT2D eigenvalue weighted by Gasteiger charge is 2.23. The van der Waals surface area contributed by atoms with E-state index in [2.05, 4.69) is 14.6 Å². The molecule has 1 heterocycles. The highest BCUT2D eigenvalue weighted by molar-refractivity contribution is 7.92. The summed E-state index contributed by atoms with van der Waals surface area (Å²) in [6.07, 6.45) is 0.669. The quantitative estimate of drug-likeness (QED) is 0.645. The summed E-state index contributed by atoms with van der Waals surface area (Å²) < 4.78 is 43.2. The number of benzene rings is 2. The molecule has 3 aromatic rings. The SMILES string of the molecule is CCc1ccc(OC)c(S(=O)(=O)Nc2noc3ccc(C(=O)OC)cc23)c1. The molecule has 0 saturated carbocycles. The van der Waals surface area contributed by atoms with E-state index in [1.54, 1.807) is 18.2 Å². The van der Waals surface area contributed by atoms with E-state index in [1.807, 2.05) is 6.92 Å². The predicted octanol–water partition coefficient (Wildman–Crippen LogP) is 2.99. The summed E-state index contributed by atoms with van der Waals surface area (Å²) in [6, 6.07) is 9.42. The molecule has 8 nitrogen and oxygen atoms in total. The van der Waals surface area contributed by atoms with Crippen molar-refractivity contribution < 1.29 is 27.2 Å². The highest BCUT2D eigenvalue weighted by atomic mass is 32.2. The Morgan fingerprint density at radius 1 is 1.19 bits per heavy atom. The Labute approximate surface area is 156 Å². The van der Waals surface area contributed by atoms with Crippen molar-refractivity contribution in [3.63, 3.8) is 0 Å². The predicted molar refractivity (Wildman–Crippen MR) is 98.5 cm³/mol. The second kappa shape index (κ2) is 7.28. The van der Waals surface area contributed by atoms with Crippen LogP contribution in [0.3, 0.4) is 0 Å². The van der Waals surface area contributed by atoms with Gasteiger partial charge in [-0.2, -0.15) is 0 Å². The van der Waals surface area contributed by atoms with Crippen LogP contribution < -0.4 is 9.46 Å². The van der Waals surface area contributed by atoms with Crippen molar-refractivity contribution in [1.29, 1.82) is 0 Å². The molecule has 27 heavy (non-hydrogen) atoms. The van der Waals surface area contributed by atoms with Crippen LogP contribution in [0.25, 0.3) is 11.0 Å². The van der Waals surface area contributed by atoms with Gasteiger partial charge in [0.1, 0.15) is 10.6 Å². The molecular weight excluding hydrogens is 372 g/mol. The summed E-state index contributed by atoms with van der Waals surface area (Å²) in [6.45, 7) is 1.92. The first-order valence-corrected chi connectivity index (χ1v) is 9.55. The number of aryl methyl sites for hydroxylation is 1. The van der Waals surface area contributed by atoms with Gasteiger partial charge in [0.2, 0.25) is 0 Å². The minimum Gasteiger partial charge on any atom is -0.495 e. The van der Waals surface area contributed by atoms with E-state index < -0.39 is 16.0 Å². The molecule has 0 spiro atoms. The molecule has 0 fully saturated rings. The number of rotatable bonds is 6. The molecule has 0 amide bonds. The molecule has 0 radical (unpaired) electrons. The van der Waals surface area contributed by atoms with E-state index in [1.165, 1.54) is 32.4 Å². The highest BCUT2D eigenvalue weighted by Crippen LogP contribution is 2.30. The second-order valence-corrected chi connectivity index (χ2v) is 7.33. The van der Waals surface area contributed by atoms with E-state index in [-0.39, 0.29) is 22.0 Å². The Balaban J connectivity index is 2.05. The van der Waals surface area contributed by atoms with E-state index in [4.69, 9.17) is 9.26 Å². The molecule has 0 aliphatic carbocycles. The van der Waals surface area contributed by atoms with Crippen LogP contribution in [0.2, 0.25) is 0 Å². The number of sulfonamides is 1. The average Bonchev–Trinajstić information content (AvgIpc) is 3.08. The van der Waals surface area contributed by atoms with Gasteiger partial charge >= 0.3 is 5.97 Å². The van der Waals surface area contributed by atoms with Gasteiger partial charge in [-0.25, -0.2) is 13.2 Å². The summed E-state index contributed by atoms with van der Waals surface area (Å²) in [7, 11) is -1.34. The summed E-state index contributed by atoms with van der Waals surface area (Å²) >= 11 is 0. The molecular formula is C18H18N2O6S. The smallest absolute Gasteiger partial charge is 0.337 e. The number of ether oxygens (including phenoxy) is 2. The van der Waals surface area contributed by atoms with Gasteiger partial charge < -0.3 is 14.0 Å². The molecule has 9 heteroatoms. The number of carbonyl (C=O) groups is 1. The Kier molecular flexibility index (Phi) is 5.04. The fourth-order valence-corrected chi connectivity index (χ4v) is 3.82. The number of aromatic nitrogens is 1.